The summed E-state index contributed by atoms with van der Waals surface area (Å²) in [5.74, 6) is 0.879. The molecule has 0 aliphatic rings. The maximum atomic E-state index is 11.5. The van der Waals surface area contributed by atoms with Crippen molar-refractivity contribution in [1.29, 1.82) is 0 Å². The highest BCUT2D eigenvalue weighted by molar-refractivity contribution is 8.00. The molecule has 0 spiro atoms. The van der Waals surface area contributed by atoms with Gasteiger partial charge in [-0.15, -0.1) is 0 Å². The molecule has 0 fully saturated rings. The van der Waals surface area contributed by atoms with Crippen LogP contribution >= 0.6 is 23.1 Å². The Morgan fingerprint density at radius 3 is 2.79 bits per heavy atom. The van der Waals surface area contributed by atoms with Crippen molar-refractivity contribution in [2.75, 3.05) is 18.8 Å². The Morgan fingerprint density at radius 2 is 2.21 bits per heavy atom. The van der Waals surface area contributed by atoms with Gasteiger partial charge in [0.05, 0.1) is 6.10 Å². The van der Waals surface area contributed by atoms with E-state index in [-0.39, 0.29) is 17.3 Å². The fourth-order valence-corrected chi connectivity index (χ4v) is 2.88. The van der Waals surface area contributed by atoms with Gasteiger partial charge in [0.25, 0.3) is 0 Å². The highest BCUT2D eigenvalue weighted by Gasteiger charge is 2.11. The molecule has 0 aromatic carbocycles. The molecule has 108 valence electrons. The van der Waals surface area contributed by atoms with Crippen LogP contribution in [0.1, 0.15) is 32.4 Å². The Kier molecular flexibility index (Phi) is 6.68. The number of hydrogen-bond donors (Lipinski definition) is 3. The number of aliphatic hydroxyl groups excluding tert-OH is 1. The summed E-state index contributed by atoms with van der Waals surface area (Å²) in [5, 5.41) is 19.0. The molecule has 6 heteroatoms. The minimum absolute atomic E-state index is 0.216. The van der Waals surface area contributed by atoms with Crippen LogP contribution in [0, 0.1) is 0 Å². The van der Waals surface area contributed by atoms with Gasteiger partial charge >= 0.3 is 6.03 Å². The standard InChI is InChI=1S/C13H22N2O2S2/c1-13(2,3)19-7-5-14-12(17)15-8-11(16)10-4-6-18-9-10/h4,6,9,11,16H,5,7-8H2,1-3H3,(H2,14,15,17)/t11-/m1/s1. The summed E-state index contributed by atoms with van der Waals surface area (Å²) in [5.41, 5.74) is 0.841. The summed E-state index contributed by atoms with van der Waals surface area (Å²) in [4.78, 5) is 11.5. The predicted molar refractivity (Wildman–Crippen MR) is 82.9 cm³/mol. The van der Waals surface area contributed by atoms with Crippen LogP contribution in [0.25, 0.3) is 0 Å². The van der Waals surface area contributed by atoms with Gasteiger partial charge in [-0.2, -0.15) is 23.1 Å². The number of nitrogens with one attached hydrogen (secondary N) is 2. The van der Waals surface area contributed by atoms with E-state index in [4.69, 9.17) is 0 Å². The van der Waals surface area contributed by atoms with Crippen LogP contribution < -0.4 is 10.6 Å². The number of hydrogen-bond acceptors (Lipinski definition) is 4. The Hall–Kier alpha value is -0.720. The van der Waals surface area contributed by atoms with Gasteiger partial charge in [-0.1, -0.05) is 20.8 Å². The third-order valence-electron chi connectivity index (χ3n) is 2.31. The Balaban J connectivity index is 2.11. The van der Waals surface area contributed by atoms with E-state index >= 15 is 0 Å². The molecule has 3 N–H and O–H groups in total. The maximum Gasteiger partial charge on any atom is 0.314 e. The smallest absolute Gasteiger partial charge is 0.314 e. The summed E-state index contributed by atoms with van der Waals surface area (Å²) in [7, 11) is 0. The van der Waals surface area contributed by atoms with Crippen LogP contribution in [0.2, 0.25) is 0 Å². The number of rotatable bonds is 6. The third kappa shape index (κ3) is 7.44. The molecule has 0 bridgehead atoms. The minimum Gasteiger partial charge on any atom is -0.387 e. The van der Waals surface area contributed by atoms with E-state index in [0.717, 1.165) is 11.3 Å². The molecule has 1 atom stereocenters. The van der Waals surface area contributed by atoms with Crippen LogP contribution in [0.5, 0.6) is 0 Å². The molecule has 0 saturated carbocycles. The molecule has 1 aromatic rings. The number of aliphatic hydroxyl groups is 1. The van der Waals surface area contributed by atoms with Crippen LogP contribution in [0.3, 0.4) is 0 Å². The van der Waals surface area contributed by atoms with E-state index in [2.05, 4.69) is 31.4 Å². The monoisotopic (exact) mass is 302 g/mol. The number of thiophene rings is 1. The summed E-state index contributed by atoms with van der Waals surface area (Å²) >= 11 is 3.34. The van der Waals surface area contributed by atoms with Crippen LogP contribution in [0.15, 0.2) is 16.8 Å². The topological polar surface area (TPSA) is 61.4 Å². The van der Waals surface area contributed by atoms with E-state index in [1.165, 1.54) is 11.3 Å². The lowest BCUT2D eigenvalue weighted by molar-refractivity contribution is 0.173. The summed E-state index contributed by atoms with van der Waals surface area (Å²) < 4.78 is 0.216. The first-order valence-electron chi connectivity index (χ1n) is 6.24. The van der Waals surface area contributed by atoms with E-state index in [1.807, 2.05) is 28.6 Å². The molecule has 19 heavy (non-hydrogen) atoms. The van der Waals surface area contributed by atoms with Crippen molar-refractivity contribution in [1.82, 2.24) is 10.6 Å². The normalized spacial score (nSPS) is 13.1. The number of amides is 2. The number of thioether (sulfide) groups is 1. The first-order chi connectivity index (χ1) is 8.88. The molecule has 1 aromatic heterocycles. The molecule has 4 nitrogen and oxygen atoms in total. The Morgan fingerprint density at radius 1 is 1.47 bits per heavy atom. The van der Waals surface area contributed by atoms with Crippen molar-refractivity contribution in [2.24, 2.45) is 0 Å². The van der Waals surface area contributed by atoms with Gasteiger partial charge in [0.2, 0.25) is 0 Å². The average Bonchev–Trinajstić information content (AvgIpc) is 2.84. The summed E-state index contributed by atoms with van der Waals surface area (Å²) in [6.45, 7) is 7.30. The molecule has 0 unspecified atom stereocenters. The zero-order valence-electron chi connectivity index (χ0n) is 11.6. The SMILES string of the molecule is CC(C)(C)SCCNC(=O)NC[C@@H](O)c1ccsc1. The van der Waals surface area contributed by atoms with Crippen molar-refractivity contribution in [3.8, 4) is 0 Å². The zero-order valence-corrected chi connectivity index (χ0v) is 13.2. The third-order valence-corrected chi connectivity index (χ3v) is 4.28. The van der Waals surface area contributed by atoms with E-state index in [0.29, 0.717) is 6.54 Å². The lowest BCUT2D eigenvalue weighted by Crippen LogP contribution is -2.39. The molecule has 1 rings (SSSR count). The fraction of sp³-hybridized carbons (Fsp3) is 0.615. The molecule has 0 aliphatic carbocycles. The number of carbonyl (C=O) groups is 1. The first kappa shape index (κ1) is 16.3. The van der Waals surface area contributed by atoms with Crippen molar-refractivity contribution < 1.29 is 9.90 Å². The Labute approximate surface area is 123 Å². The zero-order chi connectivity index (χ0) is 14.3. The second-order valence-electron chi connectivity index (χ2n) is 5.17. The van der Waals surface area contributed by atoms with Gasteiger partial charge in [0, 0.05) is 23.6 Å². The van der Waals surface area contributed by atoms with Gasteiger partial charge in [0.15, 0.2) is 0 Å². The minimum atomic E-state index is -0.638. The number of carbonyl (C=O) groups excluding carboxylic acids is 1. The van der Waals surface area contributed by atoms with Gasteiger partial charge in [-0.3, -0.25) is 0 Å². The van der Waals surface area contributed by atoms with Gasteiger partial charge < -0.3 is 15.7 Å². The molecule has 0 radical (unpaired) electrons. The van der Waals surface area contributed by atoms with E-state index in [9.17, 15) is 9.90 Å². The fourth-order valence-electron chi connectivity index (χ4n) is 1.36. The largest absolute Gasteiger partial charge is 0.387 e. The molecular weight excluding hydrogens is 280 g/mol. The van der Waals surface area contributed by atoms with Crippen LogP contribution in [-0.4, -0.2) is 34.7 Å². The second-order valence-corrected chi connectivity index (χ2v) is 7.87. The van der Waals surface area contributed by atoms with Gasteiger partial charge in [-0.25, -0.2) is 4.79 Å². The molecule has 0 saturated heterocycles. The highest BCUT2D eigenvalue weighted by atomic mass is 32.2. The lowest BCUT2D eigenvalue weighted by Gasteiger charge is -2.17. The summed E-state index contributed by atoms with van der Waals surface area (Å²) in [6, 6.07) is 1.62. The van der Waals surface area contributed by atoms with E-state index in [1.54, 1.807) is 0 Å². The molecule has 2 amide bonds. The van der Waals surface area contributed by atoms with Gasteiger partial charge in [-0.05, 0) is 22.4 Å². The quantitative estimate of drug-likeness (QED) is 0.708. The van der Waals surface area contributed by atoms with Crippen molar-refractivity contribution in [2.45, 2.75) is 31.6 Å². The van der Waals surface area contributed by atoms with E-state index < -0.39 is 6.10 Å². The van der Waals surface area contributed by atoms with Crippen LogP contribution in [0.4, 0.5) is 4.79 Å². The summed E-state index contributed by atoms with van der Waals surface area (Å²) in [6.07, 6.45) is -0.638. The first-order valence-corrected chi connectivity index (χ1v) is 8.17. The van der Waals surface area contributed by atoms with Crippen molar-refractivity contribution >= 4 is 29.1 Å². The Bertz CT molecular complexity index is 374. The van der Waals surface area contributed by atoms with Crippen molar-refractivity contribution in [3.63, 3.8) is 0 Å². The van der Waals surface area contributed by atoms with Crippen molar-refractivity contribution in [3.05, 3.63) is 22.4 Å². The highest BCUT2D eigenvalue weighted by Crippen LogP contribution is 2.21. The van der Waals surface area contributed by atoms with Crippen LogP contribution in [-0.2, 0) is 0 Å². The molecule has 0 aliphatic heterocycles. The number of urea groups is 1. The molecular formula is C13H22N2O2S2. The predicted octanol–water partition coefficient (Wildman–Crippen LogP) is 2.61. The lowest BCUT2D eigenvalue weighted by atomic mass is 10.2. The maximum absolute atomic E-state index is 11.5. The average molecular weight is 302 g/mol. The second kappa shape index (κ2) is 7.77. The molecule has 1 heterocycles. The van der Waals surface area contributed by atoms with Gasteiger partial charge in [0.1, 0.15) is 0 Å².